The van der Waals surface area contributed by atoms with Gasteiger partial charge in [-0.25, -0.2) is 4.98 Å². The van der Waals surface area contributed by atoms with E-state index in [1.54, 1.807) is 10.6 Å². The van der Waals surface area contributed by atoms with E-state index in [-0.39, 0.29) is 11.5 Å². The van der Waals surface area contributed by atoms with Gasteiger partial charge < -0.3 is 9.64 Å². The van der Waals surface area contributed by atoms with Gasteiger partial charge in [-0.3, -0.25) is 14.2 Å². The van der Waals surface area contributed by atoms with Crippen LogP contribution in [0.1, 0.15) is 33.1 Å². The fourth-order valence-electron chi connectivity index (χ4n) is 3.42. The van der Waals surface area contributed by atoms with Crippen molar-refractivity contribution in [3.05, 3.63) is 33.0 Å². The Morgan fingerprint density at radius 1 is 1.34 bits per heavy atom. The van der Waals surface area contributed by atoms with Crippen molar-refractivity contribution in [1.29, 1.82) is 0 Å². The topological polar surface area (TPSA) is 64.4 Å². The normalized spacial score (nSPS) is 15.2. The van der Waals surface area contributed by atoms with Crippen LogP contribution < -0.4 is 5.56 Å². The van der Waals surface area contributed by atoms with E-state index in [1.807, 2.05) is 24.0 Å². The first-order chi connectivity index (χ1) is 14.0. The van der Waals surface area contributed by atoms with Gasteiger partial charge in [-0.15, -0.1) is 0 Å². The molecule has 0 aliphatic carbocycles. The number of thioether (sulfide) groups is 1. The highest BCUT2D eigenvalue weighted by molar-refractivity contribution is 9.10. The summed E-state index contributed by atoms with van der Waals surface area (Å²) in [6.45, 7) is 7.59. The van der Waals surface area contributed by atoms with Crippen LogP contribution >= 0.6 is 27.7 Å². The molecule has 2 aromatic rings. The summed E-state index contributed by atoms with van der Waals surface area (Å²) in [5.41, 5.74) is 0.579. The third kappa shape index (κ3) is 5.83. The van der Waals surface area contributed by atoms with E-state index < -0.39 is 0 Å². The van der Waals surface area contributed by atoms with Crippen molar-refractivity contribution in [1.82, 2.24) is 14.5 Å². The summed E-state index contributed by atoms with van der Waals surface area (Å²) in [7, 11) is 0. The molecule has 1 amide bonds. The average molecular weight is 482 g/mol. The monoisotopic (exact) mass is 481 g/mol. The largest absolute Gasteiger partial charge is 0.382 e. The Kier molecular flexibility index (Phi) is 8.15. The lowest BCUT2D eigenvalue weighted by Gasteiger charge is -2.30. The van der Waals surface area contributed by atoms with Crippen molar-refractivity contribution in [2.24, 2.45) is 5.92 Å². The Labute approximate surface area is 184 Å². The van der Waals surface area contributed by atoms with E-state index in [0.29, 0.717) is 47.5 Å². The third-order valence-electron chi connectivity index (χ3n) is 5.22. The molecule has 0 saturated carbocycles. The molecule has 29 heavy (non-hydrogen) atoms. The second-order valence-electron chi connectivity index (χ2n) is 7.42. The number of halogens is 1. The molecule has 0 atom stereocenters. The van der Waals surface area contributed by atoms with Crippen LogP contribution in [-0.2, 0) is 16.1 Å². The molecular weight excluding hydrogens is 454 g/mol. The molecule has 0 spiro atoms. The molecule has 3 rings (SSSR count). The van der Waals surface area contributed by atoms with E-state index in [9.17, 15) is 9.59 Å². The molecule has 2 heterocycles. The van der Waals surface area contributed by atoms with Gasteiger partial charge in [0.05, 0.1) is 16.7 Å². The number of likely N-dealkylation sites (tertiary alicyclic amines) is 1. The molecule has 1 saturated heterocycles. The molecule has 1 aliphatic rings. The van der Waals surface area contributed by atoms with Gasteiger partial charge in [-0.1, -0.05) is 34.6 Å². The van der Waals surface area contributed by atoms with Crippen LogP contribution in [0.3, 0.4) is 0 Å². The fraction of sp³-hybridized carbons (Fsp3) is 0.571. The highest BCUT2D eigenvalue weighted by Gasteiger charge is 2.21. The Morgan fingerprint density at radius 2 is 2.10 bits per heavy atom. The minimum absolute atomic E-state index is 0.0745. The Morgan fingerprint density at radius 3 is 2.83 bits per heavy atom. The minimum atomic E-state index is -0.0745. The molecule has 6 nitrogen and oxygen atoms in total. The highest BCUT2D eigenvalue weighted by atomic mass is 79.9. The summed E-state index contributed by atoms with van der Waals surface area (Å²) in [6.07, 6.45) is 2.84. The summed E-state index contributed by atoms with van der Waals surface area (Å²) in [5.74, 6) is 1.10. The lowest BCUT2D eigenvalue weighted by atomic mass is 9.99. The molecular formula is C21H28BrN3O3S. The first-order valence-electron chi connectivity index (χ1n) is 10.2. The number of hydrogen-bond donors (Lipinski definition) is 0. The van der Waals surface area contributed by atoms with Crippen molar-refractivity contribution in [3.8, 4) is 0 Å². The van der Waals surface area contributed by atoms with Gasteiger partial charge in [0.15, 0.2) is 5.16 Å². The zero-order chi connectivity index (χ0) is 20.8. The highest BCUT2D eigenvalue weighted by Crippen LogP contribution is 2.22. The van der Waals surface area contributed by atoms with Crippen LogP contribution in [0.5, 0.6) is 0 Å². The van der Waals surface area contributed by atoms with Crippen molar-refractivity contribution in [2.45, 2.75) is 44.8 Å². The quantitative estimate of drug-likeness (QED) is 0.324. The third-order valence-corrected chi connectivity index (χ3v) is 6.67. The van der Waals surface area contributed by atoms with Crippen molar-refractivity contribution in [2.75, 3.05) is 32.1 Å². The van der Waals surface area contributed by atoms with Gasteiger partial charge in [0.25, 0.3) is 5.56 Å². The summed E-state index contributed by atoms with van der Waals surface area (Å²) in [4.78, 5) is 32.4. The summed E-state index contributed by atoms with van der Waals surface area (Å²) in [6, 6.07) is 5.52. The minimum Gasteiger partial charge on any atom is -0.382 e. The van der Waals surface area contributed by atoms with Crippen LogP contribution in [0.15, 0.2) is 32.6 Å². The molecule has 1 aliphatic heterocycles. The molecule has 0 bridgehead atoms. The van der Waals surface area contributed by atoms with Crippen LogP contribution in [0.25, 0.3) is 10.9 Å². The summed E-state index contributed by atoms with van der Waals surface area (Å²) >= 11 is 4.78. The summed E-state index contributed by atoms with van der Waals surface area (Å²) in [5, 5.41) is 1.18. The molecule has 0 radical (unpaired) electrons. The number of piperidine rings is 1. The van der Waals surface area contributed by atoms with E-state index in [4.69, 9.17) is 9.72 Å². The number of amides is 1. The molecule has 0 N–H and O–H groups in total. The smallest absolute Gasteiger partial charge is 0.262 e. The van der Waals surface area contributed by atoms with E-state index in [2.05, 4.69) is 22.9 Å². The van der Waals surface area contributed by atoms with Crippen molar-refractivity contribution >= 4 is 44.5 Å². The number of carbonyl (C=O) groups is 1. The predicted octanol–water partition coefficient (Wildman–Crippen LogP) is 3.94. The number of benzene rings is 1. The van der Waals surface area contributed by atoms with E-state index in [1.165, 1.54) is 11.8 Å². The van der Waals surface area contributed by atoms with Gasteiger partial charge in [0.1, 0.15) is 0 Å². The number of ether oxygens (including phenoxy) is 1. The van der Waals surface area contributed by atoms with E-state index >= 15 is 0 Å². The zero-order valence-corrected chi connectivity index (χ0v) is 19.4. The lowest BCUT2D eigenvalue weighted by molar-refractivity contribution is -0.129. The molecule has 158 valence electrons. The van der Waals surface area contributed by atoms with Gasteiger partial charge in [0.2, 0.25) is 5.91 Å². The van der Waals surface area contributed by atoms with Crippen molar-refractivity contribution < 1.29 is 9.53 Å². The summed E-state index contributed by atoms with van der Waals surface area (Å²) < 4.78 is 7.95. The maximum Gasteiger partial charge on any atom is 0.262 e. The van der Waals surface area contributed by atoms with Crippen LogP contribution in [0.2, 0.25) is 0 Å². The zero-order valence-electron chi connectivity index (χ0n) is 17.0. The number of aromatic nitrogens is 2. The fourth-order valence-corrected chi connectivity index (χ4v) is 4.71. The predicted molar refractivity (Wildman–Crippen MR) is 121 cm³/mol. The van der Waals surface area contributed by atoms with Gasteiger partial charge >= 0.3 is 0 Å². The van der Waals surface area contributed by atoms with Gasteiger partial charge in [0, 0.05) is 37.3 Å². The van der Waals surface area contributed by atoms with Gasteiger partial charge in [-0.2, -0.15) is 0 Å². The van der Waals surface area contributed by atoms with Crippen LogP contribution in [-0.4, -0.2) is 52.4 Å². The molecule has 0 unspecified atom stereocenters. The maximum atomic E-state index is 13.1. The van der Waals surface area contributed by atoms with Crippen molar-refractivity contribution in [3.63, 3.8) is 0 Å². The van der Waals surface area contributed by atoms with E-state index in [0.717, 1.165) is 36.8 Å². The Balaban J connectivity index is 1.79. The first kappa shape index (κ1) is 22.3. The molecule has 1 aromatic heterocycles. The second kappa shape index (κ2) is 10.6. The molecule has 1 fully saturated rings. The van der Waals surface area contributed by atoms with Gasteiger partial charge in [-0.05, 0) is 50.3 Å². The van der Waals surface area contributed by atoms with Crippen LogP contribution in [0.4, 0.5) is 0 Å². The number of carbonyl (C=O) groups excluding carboxylic acids is 1. The van der Waals surface area contributed by atoms with Crippen LogP contribution in [0, 0.1) is 5.92 Å². The number of nitrogens with zero attached hydrogens (tertiary/aromatic N) is 3. The maximum absolute atomic E-state index is 13.1. The Bertz CT molecular complexity index is 910. The molecule has 1 aromatic carbocycles. The standard InChI is InChI=1S/C21H28BrN3O3S/c1-3-28-12-4-9-25-20(27)17-13-16(22)5-6-18(17)23-21(25)29-14-19(26)24-10-7-15(2)8-11-24/h5-6,13,15H,3-4,7-12,14H2,1-2H3. The number of fused-ring (bicyclic) bond motifs is 1. The second-order valence-corrected chi connectivity index (χ2v) is 9.27. The molecule has 8 heteroatoms. The average Bonchev–Trinajstić information content (AvgIpc) is 2.72. The Hall–Kier alpha value is -1.38. The number of rotatable bonds is 8. The lowest BCUT2D eigenvalue weighted by Crippen LogP contribution is -2.39. The first-order valence-corrected chi connectivity index (χ1v) is 12.0. The number of hydrogen-bond acceptors (Lipinski definition) is 5. The SMILES string of the molecule is CCOCCCn1c(SCC(=O)N2CCC(C)CC2)nc2ccc(Br)cc2c1=O.